The summed E-state index contributed by atoms with van der Waals surface area (Å²) < 4.78 is 0. The second-order valence-corrected chi connectivity index (χ2v) is 9.67. The molecule has 1 aromatic carbocycles. The molecule has 1 unspecified atom stereocenters. The minimum atomic E-state index is -0.142. The van der Waals surface area contributed by atoms with E-state index in [1.807, 2.05) is 35.2 Å². The van der Waals surface area contributed by atoms with Crippen molar-refractivity contribution in [1.82, 2.24) is 15.1 Å². The van der Waals surface area contributed by atoms with Crippen molar-refractivity contribution in [2.45, 2.75) is 63.8 Å². The lowest BCUT2D eigenvalue weighted by Crippen LogP contribution is -2.52. The van der Waals surface area contributed by atoms with E-state index in [-0.39, 0.29) is 23.9 Å². The molecule has 2 heterocycles. The maximum atomic E-state index is 12.9. The third kappa shape index (κ3) is 6.45. The summed E-state index contributed by atoms with van der Waals surface area (Å²) in [5, 5.41) is 6.24. The zero-order valence-corrected chi connectivity index (χ0v) is 18.7. The number of hydrogen-bond acceptors (Lipinski definition) is 3. The molecule has 0 bridgehead atoms. The van der Waals surface area contributed by atoms with Crippen molar-refractivity contribution >= 4 is 17.6 Å². The van der Waals surface area contributed by atoms with Crippen molar-refractivity contribution in [3.05, 3.63) is 30.3 Å². The Morgan fingerprint density at radius 3 is 2.35 bits per heavy atom. The number of nitrogens with one attached hydrogen (secondary N) is 2. The molecule has 31 heavy (non-hydrogen) atoms. The van der Waals surface area contributed by atoms with Crippen LogP contribution in [-0.4, -0.2) is 60.5 Å². The molecule has 2 aliphatic heterocycles. The van der Waals surface area contributed by atoms with E-state index in [0.29, 0.717) is 6.54 Å². The zero-order chi connectivity index (χ0) is 21.5. The van der Waals surface area contributed by atoms with Crippen molar-refractivity contribution < 1.29 is 9.59 Å². The number of carbonyl (C=O) groups is 2. The number of hydrogen-bond donors (Lipinski definition) is 2. The first-order chi connectivity index (χ1) is 15.2. The molecular formula is C25H38N4O2. The maximum absolute atomic E-state index is 12.9. The first kappa shape index (κ1) is 22.1. The van der Waals surface area contributed by atoms with Crippen molar-refractivity contribution in [3.8, 4) is 0 Å². The van der Waals surface area contributed by atoms with Gasteiger partial charge in [0.15, 0.2) is 0 Å². The average Bonchev–Trinajstić information content (AvgIpc) is 2.82. The molecule has 6 heteroatoms. The first-order valence-corrected chi connectivity index (χ1v) is 12.3. The van der Waals surface area contributed by atoms with Crippen LogP contribution in [0.1, 0.15) is 57.8 Å². The minimum absolute atomic E-state index is 0.00272. The second kappa shape index (κ2) is 11.0. The Labute approximate surface area is 186 Å². The number of urea groups is 1. The zero-order valence-electron chi connectivity index (χ0n) is 18.7. The number of rotatable bonds is 5. The van der Waals surface area contributed by atoms with Crippen LogP contribution in [0.15, 0.2) is 30.3 Å². The molecule has 0 radical (unpaired) electrons. The number of carbonyl (C=O) groups excluding carboxylic acids is 2. The minimum Gasteiger partial charge on any atom is -0.335 e. The molecule has 0 spiro atoms. The van der Waals surface area contributed by atoms with Crippen LogP contribution >= 0.6 is 0 Å². The first-order valence-electron chi connectivity index (χ1n) is 12.3. The largest absolute Gasteiger partial charge is 0.335 e. The summed E-state index contributed by atoms with van der Waals surface area (Å²) in [6.45, 7) is 4.66. The highest BCUT2D eigenvalue weighted by Gasteiger charge is 2.30. The molecule has 170 valence electrons. The van der Waals surface area contributed by atoms with Gasteiger partial charge in [-0.3, -0.25) is 4.79 Å². The SMILES string of the molecule is O=C(Nc1ccccc1)C1CCCN(C(=O)NC2CCN(CC3CCCCC3)CC2)C1. The molecule has 1 aromatic rings. The van der Waals surface area contributed by atoms with Gasteiger partial charge in [0.1, 0.15) is 0 Å². The van der Waals surface area contributed by atoms with Gasteiger partial charge in [-0.15, -0.1) is 0 Å². The van der Waals surface area contributed by atoms with Crippen molar-refractivity contribution in [1.29, 1.82) is 0 Å². The van der Waals surface area contributed by atoms with Gasteiger partial charge in [0.25, 0.3) is 0 Å². The number of benzene rings is 1. The van der Waals surface area contributed by atoms with E-state index in [4.69, 9.17) is 0 Å². The molecule has 2 N–H and O–H groups in total. The summed E-state index contributed by atoms with van der Waals surface area (Å²) in [5.74, 6) is 0.754. The van der Waals surface area contributed by atoms with Crippen LogP contribution in [0.25, 0.3) is 0 Å². The highest BCUT2D eigenvalue weighted by atomic mass is 16.2. The second-order valence-electron chi connectivity index (χ2n) is 9.67. The van der Waals surface area contributed by atoms with Crippen LogP contribution in [-0.2, 0) is 4.79 Å². The highest BCUT2D eigenvalue weighted by molar-refractivity contribution is 5.93. The molecule has 3 amide bonds. The molecule has 4 rings (SSSR count). The lowest BCUT2D eigenvalue weighted by atomic mass is 9.88. The lowest BCUT2D eigenvalue weighted by molar-refractivity contribution is -0.121. The van der Waals surface area contributed by atoms with Gasteiger partial charge in [0.2, 0.25) is 5.91 Å². The normalized spacial score (nSPS) is 24.0. The van der Waals surface area contributed by atoms with Crippen LogP contribution in [0, 0.1) is 11.8 Å². The van der Waals surface area contributed by atoms with Crippen LogP contribution < -0.4 is 10.6 Å². The molecule has 3 aliphatic rings. The summed E-state index contributed by atoms with van der Waals surface area (Å²) in [6.07, 6.45) is 10.8. The van der Waals surface area contributed by atoms with Gasteiger partial charge in [-0.05, 0) is 56.6 Å². The van der Waals surface area contributed by atoms with Gasteiger partial charge in [-0.25, -0.2) is 4.79 Å². The topological polar surface area (TPSA) is 64.7 Å². The van der Waals surface area contributed by atoms with Gasteiger partial charge in [-0.2, -0.15) is 0 Å². The van der Waals surface area contributed by atoms with E-state index in [0.717, 1.165) is 56.9 Å². The van der Waals surface area contributed by atoms with E-state index >= 15 is 0 Å². The average molecular weight is 427 g/mol. The van der Waals surface area contributed by atoms with Crippen LogP contribution in [0.4, 0.5) is 10.5 Å². The van der Waals surface area contributed by atoms with Gasteiger partial charge in [0, 0.05) is 44.5 Å². The molecule has 6 nitrogen and oxygen atoms in total. The van der Waals surface area contributed by atoms with Crippen LogP contribution in [0.2, 0.25) is 0 Å². The quantitative estimate of drug-likeness (QED) is 0.745. The third-order valence-corrected chi connectivity index (χ3v) is 7.28. The van der Waals surface area contributed by atoms with Crippen molar-refractivity contribution in [2.24, 2.45) is 11.8 Å². The van der Waals surface area contributed by atoms with E-state index in [1.54, 1.807) is 0 Å². The number of para-hydroxylation sites is 1. The molecule has 2 saturated heterocycles. The third-order valence-electron chi connectivity index (χ3n) is 7.28. The van der Waals surface area contributed by atoms with E-state index < -0.39 is 0 Å². The van der Waals surface area contributed by atoms with Gasteiger partial charge >= 0.3 is 6.03 Å². The van der Waals surface area contributed by atoms with E-state index in [1.165, 1.54) is 38.6 Å². The lowest BCUT2D eigenvalue weighted by Gasteiger charge is -2.37. The summed E-state index contributed by atoms with van der Waals surface area (Å²) in [5.41, 5.74) is 0.814. The summed E-state index contributed by atoms with van der Waals surface area (Å²) in [7, 11) is 0. The molecule has 0 aromatic heterocycles. The molecule has 3 fully saturated rings. The van der Waals surface area contributed by atoms with E-state index in [9.17, 15) is 9.59 Å². The highest BCUT2D eigenvalue weighted by Crippen LogP contribution is 2.26. The Morgan fingerprint density at radius 1 is 0.871 bits per heavy atom. The maximum Gasteiger partial charge on any atom is 0.317 e. The molecule has 1 saturated carbocycles. The number of likely N-dealkylation sites (tertiary alicyclic amines) is 2. The Morgan fingerprint density at radius 2 is 1.61 bits per heavy atom. The number of amides is 3. The monoisotopic (exact) mass is 426 g/mol. The smallest absolute Gasteiger partial charge is 0.317 e. The number of nitrogens with zero attached hydrogens (tertiary/aromatic N) is 2. The molecule has 1 aliphatic carbocycles. The van der Waals surface area contributed by atoms with Crippen LogP contribution in [0.3, 0.4) is 0 Å². The Bertz CT molecular complexity index is 711. The predicted octanol–water partition coefficient (Wildman–Crippen LogP) is 4.09. The number of piperidine rings is 2. The summed E-state index contributed by atoms with van der Waals surface area (Å²) in [6, 6.07) is 9.81. The summed E-state index contributed by atoms with van der Waals surface area (Å²) >= 11 is 0. The van der Waals surface area contributed by atoms with E-state index in [2.05, 4.69) is 15.5 Å². The fourth-order valence-electron chi connectivity index (χ4n) is 5.40. The van der Waals surface area contributed by atoms with Crippen molar-refractivity contribution in [3.63, 3.8) is 0 Å². The van der Waals surface area contributed by atoms with Gasteiger partial charge in [-0.1, -0.05) is 37.5 Å². The Balaban J connectivity index is 1.19. The number of anilines is 1. The Hall–Kier alpha value is -2.08. The van der Waals surface area contributed by atoms with Crippen LogP contribution in [0.5, 0.6) is 0 Å². The van der Waals surface area contributed by atoms with Crippen molar-refractivity contribution in [2.75, 3.05) is 38.0 Å². The van der Waals surface area contributed by atoms with Gasteiger partial charge < -0.3 is 20.4 Å². The molecular weight excluding hydrogens is 388 g/mol. The fraction of sp³-hybridized carbons (Fsp3) is 0.680. The molecule has 1 atom stereocenters. The predicted molar refractivity (Wildman–Crippen MR) is 124 cm³/mol. The van der Waals surface area contributed by atoms with Gasteiger partial charge in [0.05, 0.1) is 5.92 Å². The standard InChI is InChI=1S/C25H38N4O2/c30-24(26-22-11-5-2-6-12-22)21-10-7-15-29(19-21)25(31)27-23-13-16-28(17-14-23)18-20-8-3-1-4-9-20/h2,5-6,11-12,20-21,23H,1,3-4,7-10,13-19H2,(H,26,30)(H,27,31). The Kier molecular flexibility index (Phi) is 7.84. The summed E-state index contributed by atoms with van der Waals surface area (Å²) in [4.78, 5) is 30.0. The fourth-order valence-corrected chi connectivity index (χ4v) is 5.40.